The van der Waals surface area contributed by atoms with Crippen LogP contribution in [0.15, 0.2) is 29.2 Å². The Morgan fingerprint density at radius 3 is 2.21 bits per heavy atom. The maximum Gasteiger partial charge on any atom is 0.243 e. The molecule has 0 radical (unpaired) electrons. The largest absolute Gasteiger partial charge is 0.324 e. The minimum absolute atomic E-state index is 0.0841. The van der Waals surface area contributed by atoms with Gasteiger partial charge in [0, 0.05) is 19.1 Å². The van der Waals surface area contributed by atoms with E-state index < -0.39 is 10.0 Å². The molecule has 1 aromatic carbocycles. The number of rotatable bonds is 7. The van der Waals surface area contributed by atoms with Gasteiger partial charge in [0.05, 0.1) is 4.90 Å². The summed E-state index contributed by atoms with van der Waals surface area (Å²) in [5.74, 6) is 0. The van der Waals surface area contributed by atoms with Crippen LogP contribution in [0.25, 0.3) is 0 Å². The lowest BCUT2D eigenvalue weighted by atomic mass is 10.1. The number of sulfonamides is 1. The molecule has 2 N–H and O–H groups in total. The molecular formula is C14H24N2O2S. The minimum Gasteiger partial charge on any atom is -0.324 e. The summed E-state index contributed by atoms with van der Waals surface area (Å²) >= 11 is 0. The average molecular weight is 284 g/mol. The third kappa shape index (κ3) is 4.03. The van der Waals surface area contributed by atoms with Crippen molar-refractivity contribution in [2.75, 3.05) is 13.1 Å². The molecule has 19 heavy (non-hydrogen) atoms. The summed E-state index contributed by atoms with van der Waals surface area (Å²) in [6, 6.07) is 6.76. The summed E-state index contributed by atoms with van der Waals surface area (Å²) in [5, 5.41) is 0. The molecule has 4 nitrogen and oxygen atoms in total. The van der Waals surface area contributed by atoms with Gasteiger partial charge < -0.3 is 5.73 Å². The van der Waals surface area contributed by atoms with Gasteiger partial charge in [-0.15, -0.1) is 0 Å². The van der Waals surface area contributed by atoms with Crippen molar-refractivity contribution < 1.29 is 8.42 Å². The molecule has 1 rings (SSSR count). The molecule has 0 aliphatic heterocycles. The molecule has 0 amide bonds. The van der Waals surface area contributed by atoms with Gasteiger partial charge >= 0.3 is 0 Å². The minimum atomic E-state index is -3.37. The molecule has 5 heteroatoms. The fourth-order valence-electron chi connectivity index (χ4n) is 1.88. The van der Waals surface area contributed by atoms with E-state index in [1.54, 1.807) is 24.3 Å². The number of unbranched alkanes of at least 4 members (excludes halogenated alkanes) is 1. The van der Waals surface area contributed by atoms with E-state index >= 15 is 0 Å². The van der Waals surface area contributed by atoms with Gasteiger partial charge in [0.25, 0.3) is 0 Å². The highest BCUT2D eigenvalue weighted by molar-refractivity contribution is 7.89. The van der Waals surface area contributed by atoms with Gasteiger partial charge in [-0.3, -0.25) is 0 Å². The Hall–Kier alpha value is -0.910. The number of nitrogens with two attached hydrogens (primary N) is 1. The molecule has 0 aliphatic carbocycles. The van der Waals surface area contributed by atoms with Crippen molar-refractivity contribution in [2.45, 2.75) is 44.6 Å². The zero-order chi connectivity index (χ0) is 14.5. The van der Waals surface area contributed by atoms with E-state index in [1.807, 2.05) is 13.8 Å². The molecular weight excluding hydrogens is 260 g/mol. The maximum atomic E-state index is 12.4. The Kier molecular flexibility index (Phi) is 5.97. The first kappa shape index (κ1) is 16.1. The van der Waals surface area contributed by atoms with Crippen molar-refractivity contribution in [3.8, 4) is 0 Å². The maximum absolute atomic E-state index is 12.4. The lowest BCUT2D eigenvalue weighted by Gasteiger charge is -2.20. The van der Waals surface area contributed by atoms with Crippen LogP contribution < -0.4 is 5.73 Å². The van der Waals surface area contributed by atoms with Gasteiger partial charge in [-0.25, -0.2) is 8.42 Å². The fraction of sp³-hybridized carbons (Fsp3) is 0.571. The lowest BCUT2D eigenvalue weighted by molar-refractivity contribution is 0.419. The van der Waals surface area contributed by atoms with E-state index in [0.29, 0.717) is 18.0 Å². The second kappa shape index (κ2) is 7.03. The van der Waals surface area contributed by atoms with E-state index in [0.717, 1.165) is 18.4 Å². The number of benzene rings is 1. The summed E-state index contributed by atoms with van der Waals surface area (Å²) in [7, 11) is -3.37. The third-order valence-corrected chi connectivity index (χ3v) is 5.15. The molecule has 1 unspecified atom stereocenters. The quantitative estimate of drug-likeness (QED) is 0.836. The summed E-state index contributed by atoms with van der Waals surface area (Å²) in [5.41, 5.74) is 6.70. The van der Waals surface area contributed by atoms with Crippen LogP contribution in [-0.2, 0) is 10.0 Å². The van der Waals surface area contributed by atoms with Crippen LogP contribution in [0.5, 0.6) is 0 Å². The van der Waals surface area contributed by atoms with Crippen molar-refractivity contribution in [2.24, 2.45) is 5.73 Å². The first-order valence-electron chi connectivity index (χ1n) is 6.79. The average Bonchev–Trinajstić information content (AvgIpc) is 2.39. The van der Waals surface area contributed by atoms with E-state index in [-0.39, 0.29) is 6.04 Å². The van der Waals surface area contributed by atoms with Crippen LogP contribution in [0.1, 0.15) is 45.2 Å². The summed E-state index contributed by atoms with van der Waals surface area (Å²) in [6.07, 6.45) is 1.86. The Bertz CT molecular complexity index is 481. The fourth-order valence-corrected chi connectivity index (χ4v) is 3.36. The van der Waals surface area contributed by atoms with Crippen LogP contribution in [0.4, 0.5) is 0 Å². The summed E-state index contributed by atoms with van der Waals surface area (Å²) < 4.78 is 26.4. The molecule has 0 saturated heterocycles. The Morgan fingerprint density at radius 1 is 1.21 bits per heavy atom. The van der Waals surface area contributed by atoms with E-state index in [4.69, 9.17) is 5.73 Å². The van der Waals surface area contributed by atoms with Crippen molar-refractivity contribution in [3.05, 3.63) is 29.8 Å². The number of hydrogen-bond donors (Lipinski definition) is 1. The predicted molar refractivity (Wildman–Crippen MR) is 78.4 cm³/mol. The SMILES string of the molecule is CCCCN(CC)S(=O)(=O)c1ccc(C(C)N)cc1. The van der Waals surface area contributed by atoms with Crippen molar-refractivity contribution in [3.63, 3.8) is 0 Å². The smallest absolute Gasteiger partial charge is 0.243 e. The van der Waals surface area contributed by atoms with Gasteiger partial charge in [0.2, 0.25) is 10.0 Å². The highest BCUT2D eigenvalue weighted by atomic mass is 32.2. The topological polar surface area (TPSA) is 63.4 Å². The van der Waals surface area contributed by atoms with E-state index in [2.05, 4.69) is 6.92 Å². The molecule has 0 spiro atoms. The molecule has 1 aromatic rings. The molecule has 1 atom stereocenters. The molecule has 108 valence electrons. The second-order valence-electron chi connectivity index (χ2n) is 4.71. The molecule has 0 heterocycles. The van der Waals surface area contributed by atoms with Crippen molar-refractivity contribution in [1.29, 1.82) is 0 Å². The number of nitrogens with zero attached hydrogens (tertiary/aromatic N) is 1. The van der Waals surface area contributed by atoms with Gasteiger partial charge in [-0.1, -0.05) is 32.4 Å². The van der Waals surface area contributed by atoms with Crippen LogP contribution >= 0.6 is 0 Å². The Labute approximate surface area is 116 Å². The van der Waals surface area contributed by atoms with Crippen molar-refractivity contribution >= 4 is 10.0 Å². The van der Waals surface area contributed by atoms with Crippen LogP contribution in [-0.4, -0.2) is 25.8 Å². The van der Waals surface area contributed by atoms with Gasteiger partial charge in [-0.05, 0) is 31.0 Å². The molecule has 0 fully saturated rings. The Morgan fingerprint density at radius 2 is 1.79 bits per heavy atom. The molecule has 0 bridgehead atoms. The van der Waals surface area contributed by atoms with Crippen molar-refractivity contribution in [1.82, 2.24) is 4.31 Å². The van der Waals surface area contributed by atoms with Crippen LogP contribution in [0.3, 0.4) is 0 Å². The first-order chi connectivity index (χ1) is 8.93. The highest BCUT2D eigenvalue weighted by Gasteiger charge is 2.22. The first-order valence-corrected chi connectivity index (χ1v) is 8.23. The predicted octanol–water partition coefficient (Wildman–Crippen LogP) is 2.52. The summed E-state index contributed by atoms with van der Waals surface area (Å²) in [4.78, 5) is 0.342. The zero-order valence-corrected chi connectivity index (χ0v) is 12.8. The van der Waals surface area contributed by atoms with E-state index in [1.165, 1.54) is 4.31 Å². The molecule has 0 saturated carbocycles. The summed E-state index contributed by atoms with van der Waals surface area (Å²) in [6.45, 7) is 6.87. The lowest BCUT2D eigenvalue weighted by Crippen LogP contribution is -2.31. The van der Waals surface area contributed by atoms with Crippen LogP contribution in [0, 0.1) is 0 Å². The van der Waals surface area contributed by atoms with Gasteiger partial charge in [0.15, 0.2) is 0 Å². The Balaban J connectivity index is 2.98. The standard InChI is InChI=1S/C14H24N2O2S/c1-4-6-11-16(5-2)19(17,18)14-9-7-13(8-10-14)12(3)15/h7-10,12H,4-6,11,15H2,1-3H3. The second-order valence-corrected chi connectivity index (χ2v) is 6.65. The highest BCUT2D eigenvalue weighted by Crippen LogP contribution is 2.18. The zero-order valence-electron chi connectivity index (χ0n) is 12.0. The van der Waals surface area contributed by atoms with E-state index in [9.17, 15) is 8.42 Å². The normalized spacial score (nSPS) is 13.7. The monoisotopic (exact) mass is 284 g/mol. The molecule has 0 aromatic heterocycles. The van der Waals surface area contributed by atoms with Gasteiger partial charge in [0.1, 0.15) is 0 Å². The van der Waals surface area contributed by atoms with Crippen LogP contribution in [0.2, 0.25) is 0 Å². The number of hydrogen-bond acceptors (Lipinski definition) is 3. The molecule has 0 aliphatic rings. The van der Waals surface area contributed by atoms with Gasteiger partial charge in [-0.2, -0.15) is 4.31 Å². The third-order valence-electron chi connectivity index (χ3n) is 3.16.